The average Bonchev–Trinajstić information content (AvgIpc) is 2.88. The van der Waals surface area contributed by atoms with E-state index in [1.165, 1.54) is 32.1 Å². The minimum atomic E-state index is 0.130. The van der Waals surface area contributed by atoms with Crippen LogP contribution in [0.1, 0.15) is 68.4 Å². The normalized spacial score (nSPS) is 27.2. The maximum Gasteiger partial charge on any atom is 0.254 e. The van der Waals surface area contributed by atoms with Crippen molar-refractivity contribution >= 4 is 0 Å². The Kier molecular flexibility index (Phi) is 3.23. The molecule has 0 atom stereocenters. The van der Waals surface area contributed by atoms with E-state index in [-0.39, 0.29) is 5.56 Å². The van der Waals surface area contributed by atoms with E-state index < -0.39 is 0 Å². The van der Waals surface area contributed by atoms with E-state index in [1.807, 2.05) is 0 Å². The molecule has 1 N–H and O–H groups in total. The first-order valence-electron chi connectivity index (χ1n) is 7.40. The van der Waals surface area contributed by atoms with E-state index in [4.69, 9.17) is 4.98 Å². The van der Waals surface area contributed by atoms with Crippen molar-refractivity contribution in [3.8, 4) is 0 Å². The molecule has 3 rings (SSSR count). The number of aromatic nitrogens is 2. The first-order chi connectivity index (χ1) is 8.78. The molecule has 0 radical (unpaired) electrons. The van der Waals surface area contributed by atoms with Gasteiger partial charge in [0.25, 0.3) is 5.56 Å². The minimum Gasteiger partial charge on any atom is -0.310 e. The fourth-order valence-corrected chi connectivity index (χ4v) is 3.50. The van der Waals surface area contributed by atoms with Crippen LogP contribution in [-0.2, 0) is 12.8 Å². The Labute approximate surface area is 108 Å². The lowest BCUT2D eigenvalue weighted by atomic mass is 9.80. The molecule has 1 saturated carbocycles. The SMILES string of the molecule is CCC1CCC(c2nc3c(c(=O)[nH]2)CCC3)CC1. The zero-order valence-electron chi connectivity index (χ0n) is 11.2. The summed E-state index contributed by atoms with van der Waals surface area (Å²) in [6.45, 7) is 2.28. The van der Waals surface area contributed by atoms with E-state index >= 15 is 0 Å². The summed E-state index contributed by atoms with van der Waals surface area (Å²) in [7, 11) is 0. The molecule has 0 bridgehead atoms. The molecule has 1 aromatic heterocycles. The lowest BCUT2D eigenvalue weighted by Gasteiger charge is -2.27. The highest BCUT2D eigenvalue weighted by Crippen LogP contribution is 2.35. The predicted molar refractivity (Wildman–Crippen MR) is 71.9 cm³/mol. The molecular weight excluding hydrogens is 224 g/mol. The van der Waals surface area contributed by atoms with Crippen molar-refractivity contribution in [3.05, 3.63) is 27.4 Å². The van der Waals surface area contributed by atoms with Gasteiger partial charge in [-0.1, -0.05) is 13.3 Å². The zero-order valence-corrected chi connectivity index (χ0v) is 11.2. The van der Waals surface area contributed by atoms with Crippen molar-refractivity contribution in [3.63, 3.8) is 0 Å². The molecule has 0 saturated heterocycles. The first kappa shape index (κ1) is 11.9. The number of H-pyrrole nitrogens is 1. The van der Waals surface area contributed by atoms with Gasteiger partial charge in [-0.3, -0.25) is 4.79 Å². The van der Waals surface area contributed by atoms with Gasteiger partial charge in [-0.15, -0.1) is 0 Å². The average molecular weight is 246 g/mol. The Balaban J connectivity index is 1.81. The second-order valence-electron chi connectivity index (χ2n) is 5.86. The summed E-state index contributed by atoms with van der Waals surface area (Å²) < 4.78 is 0. The third kappa shape index (κ3) is 2.11. The molecule has 0 spiro atoms. The number of hydrogen-bond acceptors (Lipinski definition) is 2. The molecule has 0 unspecified atom stereocenters. The van der Waals surface area contributed by atoms with Crippen LogP contribution in [0.5, 0.6) is 0 Å². The van der Waals surface area contributed by atoms with Crippen LogP contribution in [-0.4, -0.2) is 9.97 Å². The maximum atomic E-state index is 12.0. The smallest absolute Gasteiger partial charge is 0.254 e. The second-order valence-corrected chi connectivity index (χ2v) is 5.86. The number of nitrogens with one attached hydrogen (secondary N) is 1. The topological polar surface area (TPSA) is 45.8 Å². The highest BCUT2D eigenvalue weighted by Gasteiger charge is 2.25. The molecule has 98 valence electrons. The van der Waals surface area contributed by atoms with E-state index in [0.29, 0.717) is 5.92 Å². The van der Waals surface area contributed by atoms with Crippen LogP contribution in [0, 0.1) is 5.92 Å². The van der Waals surface area contributed by atoms with Gasteiger partial charge < -0.3 is 4.98 Å². The van der Waals surface area contributed by atoms with Crippen LogP contribution in [0.15, 0.2) is 4.79 Å². The van der Waals surface area contributed by atoms with Gasteiger partial charge in [-0.05, 0) is 50.9 Å². The van der Waals surface area contributed by atoms with Crippen molar-refractivity contribution in [2.75, 3.05) is 0 Å². The van der Waals surface area contributed by atoms with E-state index in [9.17, 15) is 4.79 Å². The highest BCUT2D eigenvalue weighted by atomic mass is 16.1. The summed E-state index contributed by atoms with van der Waals surface area (Å²) in [6.07, 6.45) is 9.28. The molecule has 2 aliphatic carbocycles. The lowest BCUT2D eigenvalue weighted by molar-refractivity contribution is 0.311. The van der Waals surface area contributed by atoms with E-state index in [2.05, 4.69) is 11.9 Å². The number of aromatic amines is 1. The molecule has 1 fully saturated rings. The molecule has 1 aromatic rings. The summed E-state index contributed by atoms with van der Waals surface area (Å²) in [4.78, 5) is 19.8. The third-order valence-electron chi connectivity index (χ3n) is 4.77. The predicted octanol–water partition coefficient (Wildman–Crippen LogP) is 2.94. The minimum absolute atomic E-state index is 0.130. The molecule has 2 aliphatic rings. The van der Waals surface area contributed by atoms with Gasteiger partial charge in [0, 0.05) is 11.5 Å². The Morgan fingerprint density at radius 2 is 2.00 bits per heavy atom. The Morgan fingerprint density at radius 3 is 2.72 bits per heavy atom. The molecule has 0 aromatic carbocycles. The van der Waals surface area contributed by atoms with Crippen LogP contribution in [0.25, 0.3) is 0 Å². The van der Waals surface area contributed by atoms with Crippen LogP contribution < -0.4 is 5.56 Å². The van der Waals surface area contributed by atoms with Gasteiger partial charge in [0.05, 0.1) is 5.69 Å². The molecule has 0 aliphatic heterocycles. The van der Waals surface area contributed by atoms with Crippen molar-refractivity contribution in [1.82, 2.24) is 9.97 Å². The molecule has 0 amide bonds. The Morgan fingerprint density at radius 1 is 1.22 bits per heavy atom. The second kappa shape index (κ2) is 4.87. The van der Waals surface area contributed by atoms with Gasteiger partial charge >= 0.3 is 0 Å². The van der Waals surface area contributed by atoms with Crippen molar-refractivity contribution < 1.29 is 0 Å². The van der Waals surface area contributed by atoms with Crippen LogP contribution in [0.4, 0.5) is 0 Å². The largest absolute Gasteiger partial charge is 0.310 e. The summed E-state index contributed by atoms with van der Waals surface area (Å²) in [6, 6.07) is 0. The Hall–Kier alpha value is -1.12. The fraction of sp³-hybridized carbons (Fsp3) is 0.733. The zero-order chi connectivity index (χ0) is 12.5. The highest BCUT2D eigenvalue weighted by molar-refractivity contribution is 5.23. The molecular formula is C15H22N2O. The molecule has 1 heterocycles. The molecule has 18 heavy (non-hydrogen) atoms. The lowest BCUT2D eigenvalue weighted by Crippen LogP contribution is -2.21. The summed E-state index contributed by atoms with van der Waals surface area (Å²) in [5, 5.41) is 0. The van der Waals surface area contributed by atoms with Crippen LogP contribution in [0.2, 0.25) is 0 Å². The number of fused-ring (bicyclic) bond motifs is 1. The summed E-state index contributed by atoms with van der Waals surface area (Å²) in [5.74, 6) is 2.35. The number of hydrogen-bond donors (Lipinski definition) is 1. The number of aryl methyl sites for hydroxylation is 1. The van der Waals surface area contributed by atoms with Crippen molar-refractivity contribution in [1.29, 1.82) is 0 Å². The van der Waals surface area contributed by atoms with Gasteiger partial charge in [0.15, 0.2) is 0 Å². The van der Waals surface area contributed by atoms with Gasteiger partial charge in [-0.2, -0.15) is 0 Å². The molecule has 3 nitrogen and oxygen atoms in total. The van der Waals surface area contributed by atoms with E-state index in [0.717, 1.165) is 42.3 Å². The molecule has 3 heteroatoms. The standard InChI is InChI=1S/C15H22N2O/c1-2-10-6-8-11(9-7-10)14-16-13-5-3-4-12(13)15(18)17-14/h10-11H,2-9H2,1H3,(H,16,17,18). The maximum absolute atomic E-state index is 12.0. The number of rotatable bonds is 2. The van der Waals surface area contributed by atoms with Crippen molar-refractivity contribution in [2.45, 2.75) is 64.2 Å². The first-order valence-corrected chi connectivity index (χ1v) is 7.40. The van der Waals surface area contributed by atoms with E-state index in [1.54, 1.807) is 0 Å². The van der Waals surface area contributed by atoms with Gasteiger partial charge in [0.2, 0.25) is 0 Å². The Bertz CT molecular complexity index is 484. The monoisotopic (exact) mass is 246 g/mol. The van der Waals surface area contributed by atoms with Gasteiger partial charge in [0.1, 0.15) is 5.82 Å². The van der Waals surface area contributed by atoms with Gasteiger partial charge in [-0.25, -0.2) is 4.98 Å². The summed E-state index contributed by atoms with van der Waals surface area (Å²) in [5.41, 5.74) is 2.15. The van der Waals surface area contributed by atoms with Crippen molar-refractivity contribution in [2.24, 2.45) is 5.92 Å². The quantitative estimate of drug-likeness (QED) is 0.872. The third-order valence-corrected chi connectivity index (χ3v) is 4.77. The van der Waals surface area contributed by atoms with Crippen LogP contribution in [0.3, 0.4) is 0 Å². The summed E-state index contributed by atoms with van der Waals surface area (Å²) >= 11 is 0. The van der Waals surface area contributed by atoms with Crippen LogP contribution >= 0.6 is 0 Å². The fourth-order valence-electron chi connectivity index (χ4n) is 3.50. The number of nitrogens with zero attached hydrogens (tertiary/aromatic N) is 1.